The maximum Gasteiger partial charge on any atom is 0.375 e. The summed E-state index contributed by atoms with van der Waals surface area (Å²) in [7, 11) is 2.04. The molecule has 0 fully saturated rings. The molecule has 1 aliphatic rings. The Morgan fingerprint density at radius 3 is 2.47 bits per heavy atom. The zero-order chi connectivity index (χ0) is 11.6. The van der Waals surface area contributed by atoms with Crippen LogP contribution < -0.4 is 28.7 Å². The molecular formula is C13H18INO2. The van der Waals surface area contributed by atoms with Crippen molar-refractivity contribution in [3.8, 4) is 5.75 Å². The molecule has 1 heterocycles. The predicted molar refractivity (Wildman–Crippen MR) is 63.2 cm³/mol. The van der Waals surface area contributed by atoms with Gasteiger partial charge in [-0.25, -0.2) is 0 Å². The summed E-state index contributed by atoms with van der Waals surface area (Å²) in [5.41, 5.74) is 0.0649. The maximum atomic E-state index is 5.65. The fourth-order valence-corrected chi connectivity index (χ4v) is 1.59. The number of ether oxygens (including phenoxy) is 2. The molecule has 1 aromatic carbocycles. The molecule has 0 unspecified atom stereocenters. The Balaban J connectivity index is 0.00000144. The van der Waals surface area contributed by atoms with Gasteiger partial charge in [-0.2, -0.15) is 4.58 Å². The minimum Gasteiger partial charge on any atom is -1.00 e. The minimum atomic E-state index is 0. The van der Waals surface area contributed by atoms with Crippen LogP contribution in [-0.4, -0.2) is 36.3 Å². The SMILES string of the molecule is C[N+]1=C(COc2ccccc2)OCC1(C)C.[I-]. The van der Waals surface area contributed by atoms with Gasteiger partial charge < -0.3 is 33.5 Å². The fourth-order valence-electron chi connectivity index (χ4n) is 1.59. The first-order valence-electron chi connectivity index (χ1n) is 5.50. The largest absolute Gasteiger partial charge is 1.00 e. The second-order valence-corrected chi connectivity index (χ2v) is 4.66. The molecule has 0 saturated heterocycles. The highest BCUT2D eigenvalue weighted by Crippen LogP contribution is 2.16. The summed E-state index contributed by atoms with van der Waals surface area (Å²) in [5.74, 6) is 1.77. The molecule has 0 atom stereocenters. The van der Waals surface area contributed by atoms with Gasteiger partial charge in [0.1, 0.15) is 12.8 Å². The summed E-state index contributed by atoms with van der Waals surface area (Å²) in [6.45, 7) is 5.52. The molecule has 1 aromatic rings. The lowest BCUT2D eigenvalue weighted by atomic mass is 10.1. The van der Waals surface area contributed by atoms with E-state index in [1.165, 1.54) is 0 Å². The van der Waals surface area contributed by atoms with E-state index in [9.17, 15) is 0 Å². The molecule has 0 amide bonds. The molecule has 0 aliphatic carbocycles. The van der Waals surface area contributed by atoms with Gasteiger partial charge in [0.2, 0.25) is 6.61 Å². The van der Waals surface area contributed by atoms with Crippen molar-refractivity contribution in [3.63, 3.8) is 0 Å². The number of nitrogens with zero attached hydrogens (tertiary/aromatic N) is 1. The van der Waals surface area contributed by atoms with E-state index in [-0.39, 0.29) is 29.5 Å². The van der Waals surface area contributed by atoms with E-state index in [2.05, 4.69) is 18.4 Å². The van der Waals surface area contributed by atoms with Gasteiger partial charge in [0.25, 0.3) is 0 Å². The van der Waals surface area contributed by atoms with Crippen LogP contribution in [0.15, 0.2) is 30.3 Å². The molecule has 0 spiro atoms. The third kappa shape index (κ3) is 3.34. The second kappa shape index (κ2) is 5.71. The van der Waals surface area contributed by atoms with Crippen LogP contribution in [0, 0.1) is 0 Å². The molecule has 17 heavy (non-hydrogen) atoms. The number of hydrogen-bond donors (Lipinski definition) is 0. The predicted octanol–water partition coefficient (Wildman–Crippen LogP) is -1.08. The van der Waals surface area contributed by atoms with E-state index < -0.39 is 0 Å². The Morgan fingerprint density at radius 2 is 1.94 bits per heavy atom. The summed E-state index contributed by atoms with van der Waals surface area (Å²) in [6, 6.07) is 9.79. The fraction of sp³-hybridized carbons (Fsp3) is 0.462. The van der Waals surface area contributed by atoms with Gasteiger partial charge in [0, 0.05) is 13.8 Å². The van der Waals surface area contributed by atoms with Gasteiger partial charge >= 0.3 is 5.90 Å². The second-order valence-electron chi connectivity index (χ2n) is 4.66. The first kappa shape index (κ1) is 14.3. The molecule has 94 valence electrons. The van der Waals surface area contributed by atoms with Crippen LogP contribution in [0.25, 0.3) is 0 Å². The van der Waals surface area contributed by atoms with Gasteiger partial charge in [-0.3, -0.25) is 0 Å². The number of benzene rings is 1. The highest BCUT2D eigenvalue weighted by molar-refractivity contribution is 5.73. The standard InChI is InChI=1S/C13H18NO2.HI/c1-13(2)10-16-12(14(13)3)9-15-11-7-5-4-6-8-11;/h4-8H,9-10H2,1-3H3;1H/q+1;/p-1. The van der Waals surface area contributed by atoms with Crippen LogP contribution in [-0.2, 0) is 4.74 Å². The summed E-state index contributed by atoms with van der Waals surface area (Å²) >= 11 is 0. The molecule has 1 aliphatic heterocycles. The van der Waals surface area contributed by atoms with Crippen molar-refractivity contribution in [2.45, 2.75) is 19.4 Å². The average Bonchev–Trinajstić information content (AvgIpc) is 2.54. The van der Waals surface area contributed by atoms with Crippen LogP contribution in [0.1, 0.15) is 13.8 Å². The highest BCUT2D eigenvalue weighted by atomic mass is 127. The third-order valence-corrected chi connectivity index (χ3v) is 2.98. The Bertz CT molecular complexity index is 401. The van der Waals surface area contributed by atoms with Crippen LogP contribution in [0.2, 0.25) is 0 Å². The average molecular weight is 347 g/mol. The Kier molecular flexibility index (Phi) is 4.80. The van der Waals surface area contributed by atoms with Crippen molar-refractivity contribution >= 4 is 5.90 Å². The zero-order valence-electron chi connectivity index (χ0n) is 10.4. The molecular weight excluding hydrogens is 329 g/mol. The number of rotatable bonds is 3. The zero-order valence-corrected chi connectivity index (χ0v) is 12.6. The molecule has 0 aromatic heterocycles. The van der Waals surface area contributed by atoms with Crippen molar-refractivity contribution < 1.29 is 38.0 Å². The quantitative estimate of drug-likeness (QED) is 0.513. The molecule has 3 nitrogen and oxygen atoms in total. The summed E-state index contributed by atoms with van der Waals surface area (Å²) in [4.78, 5) is 0. The number of hydrogen-bond acceptors (Lipinski definition) is 2. The lowest BCUT2D eigenvalue weighted by molar-refractivity contribution is -0.564. The third-order valence-electron chi connectivity index (χ3n) is 2.98. The lowest BCUT2D eigenvalue weighted by Gasteiger charge is -2.09. The normalized spacial score (nSPS) is 17.4. The van der Waals surface area contributed by atoms with E-state index in [4.69, 9.17) is 9.47 Å². The van der Waals surface area contributed by atoms with Gasteiger partial charge in [0.15, 0.2) is 12.1 Å². The van der Waals surface area contributed by atoms with E-state index in [0.717, 1.165) is 18.3 Å². The smallest absolute Gasteiger partial charge is 0.375 e. The van der Waals surface area contributed by atoms with Crippen molar-refractivity contribution in [2.24, 2.45) is 0 Å². The summed E-state index contributed by atoms with van der Waals surface area (Å²) in [5, 5.41) is 0. The highest BCUT2D eigenvalue weighted by Gasteiger charge is 2.39. The van der Waals surface area contributed by atoms with Crippen LogP contribution in [0.5, 0.6) is 5.75 Å². The van der Waals surface area contributed by atoms with Crippen molar-refractivity contribution in [1.82, 2.24) is 0 Å². The summed E-state index contributed by atoms with van der Waals surface area (Å²) < 4.78 is 13.4. The topological polar surface area (TPSA) is 21.5 Å². The minimum absolute atomic E-state index is 0. The van der Waals surface area contributed by atoms with Gasteiger partial charge in [-0.15, -0.1) is 0 Å². The maximum absolute atomic E-state index is 5.65. The van der Waals surface area contributed by atoms with Crippen molar-refractivity contribution in [2.75, 3.05) is 20.3 Å². The van der Waals surface area contributed by atoms with E-state index in [1.807, 2.05) is 37.4 Å². The molecule has 0 saturated carbocycles. The van der Waals surface area contributed by atoms with Crippen molar-refractivity contribution in [1.29, 1.82) is 0 Å². The van der Waals surface area contributed by atoms with Gasteiger partial charge in [-0.05, 0) is 12.1 Å². The first-order chi connectivity index (χ1) is 7.59. The van der Waals surface area contributed by atoms with Crippen molar-refractivity contribution in [3.05, 3.63) is 30.3 Å². The molecule has 2 rings (SSSR count). The number of halogens is 1. The molecule has 0 radical (unpaired) electrons. The molecule has 4 heteroatoms. The molecule has 0 N–H and O–H groups in total. The first-order valence-corrected chi connectivity index (χ1v) is 5.50. The van der Waals surface area contributed by atoms with E-state index in [0.29, 0.717) is 6.61 Å². The number of likely N-dealkylation sites (N-methyl/N-ethyl adjacent to an activating group) is 1. The van der Waals surface area contributed by atoms with Crippen LogP contribution in [0.4, 0.5) is 0 Å². The van der Waals surface area contributed by atoms with Gasteiger partial charge in [0.05, 0.1) is 0 Å². The van der Waals surface area contributed by atoms with Crippen LogP contribution in [0.3, 0.4) is 0 Å². The summed E-state index contributed by atoms with van der Waals surface area (Å²) in [6.07, 6.45) is 0. The molecule has 0 bridgehead atoms. The monoisotopic (exact) mass is 347 g/mol. The van der Waals surface area contributed by atoms with E-state index >= 15 is 0 Å². The number of para-hydroxylation sites is 1. The Labute approximate surface area is 119 Å². The lowest BCUT2D eigenvalue weighted by Crippen LogP contribution is -3.00. The van der Waals surface area contributed by atoms with Gasteiger partial charge in [-0.1, -0.05) is 18.2 Å². The Hall–Kier alpha value is -0.780. The Morgan fingerprint density at radius 1 is 1.29 bits per heavy atom. The van der Waals surface area contributed by atoms with Crippen LogP contribution >= 0.6 is 0 Å². The van der Waals surface area contributed by atoms with E-state index in [1.54, 1.807) is 0 Å².